The molecule has 1 heterocycles. The summed E-state index contributed by atoms with van der Waals surface area (Å²) in [6, 6.07) is 23.6. The van der Waals surface area contributed by atoms with Gasteiger partial charge in [0.2, 0.25) is 0 Å². The minimum Gasteiger partial charge on any atom is -0.481 e. The number of terminal acetylenes is 1. The van der Waals surface area contributed by atoms with Crippen LogP contribution >= 0.6 is 0 Å². The lowest BCUT2D eigenvalue weighted by Gasteiger charge is -2.45. The maximum absolute atomic E-state index is 13.5. The Hall–Kier alpha value is -4.17. The Morgan fingerprint density at radius 2 is 1.39 bits per heavy atom. The van der Waals surface area contributed by atoms with E-state index in [1.807, 2.05) is 36.4 Å². The Morgan fingerprint density at radius 1 is 0.848 bits per heavy atom. The van der Waals surface area contributed by atoms with Crippen molar-refractivity contribution >= 4 is 18.0 Å². The van der Waals surface area contributed by atoms with Crippen LogP contribution in [0.3, 0.4) is 0 Å². The van der Waals surface area contributed by atoms with Gasteiger partial charge in [0.1, 0.15) is 12.4 Å². The van der Waals surface area contributed by atoms with Crippen molar-refractivity contribution in [3.8, 4) is 18.1 Å². The second kappa shape index (κ2) is 7.46. The van der Waals surface area contributed by atoms with Crippen molar-refractivity contribution < 1.29 is 14.3 Å². The Balaban J connectivity index is 1.37. The Labute approximate surface area is 191 Å². The van der Waals surface area contributed by atoms with Gasteiger partial charge in [-0.3, -0.25) is 9.59 Å². The van der Waals surface area contributed by atoms with Crippen LogP contribution in [-0.2, 0) is 9.59 Å². The molecule has 5 heteroatoms. The third kappa shape index (κ3) is 2.84. The van der Waals surface area contributed by atoms with Gasteiger partial charge in [0.15, 0.2) is 0 Å². The molecular formula is C28H20N2O3. The first-order chi connectivity index (χ1) is 16.2. The monoisotopic (exact) mass is 432 g/mol. The second-order valence-electron chi connectivity index (χ2n) is 8.56. The fourth-order valence-electron chi connectivity index (χ4n) is 5.71. The third-order valence-electron chi connectivity index (χ3n) is 6.93. The van der Waals surface area contributed by atoms with Crippen molar-refractivity contribution in [2.75, 3.05) is 6.61 Å². The molecule has 0 spiro atoms. The molecule has 4 aliphatic rings. The molecule has 1 fully saturated rings. The van der Waals surface area contributed by atoms with Gasteiger partial charge in [-0.1, -0.05) is 66.6 Å². The number of hydrogen-bond donors (Lipinski definition) is 0. The number of imide groups is 1. The van der Waals surface area contributed by atoms with Crippen LogP contribution < -0.4 is 4.74 Å². The molecule has 160 valence electrons. The zero-order chi connectivity index (χ0) is 22.5. The van der Waals surface area contributed by atoms with Gasteiger partial charge in [0, 0.05) is 11.8 Å². The standard InChI is InChI=1S/C28H20N2O3/c1-2-14-33-18-9-7-8-17(15-18)16-29-30-27(31)25-23-19-10-3-4-11-20(19)24(26(25)28(30)32)22-13-6-5-12-21(22)23/h1,3-13,15-16,23-26H,14H2/b29-16-/t23?,24?,25-,26+. The van der Waals surface area contributed by atoms with Crippen molar-refractivity contribution in [3.05, 3.63) is 101 Å². The molecule has 0 radical (unpaired) electrons. The summed E-state index contributed by atoms with van der Waals surface area (Å²) in [5.41, 5.74) is 5.30. The van der Waals surface area contributed by atoms with Gasteiger partial charge in [-0.05, 0) is 39.9 Å². The highest BCUT2D eigenvalue weighted by Crippen LogP contribution is 2.60. The van der Waals surface area contributed by atoms with E-state index < -0.39 is 11.8 Å². The minimum atomic E-state index is -0.435. The number of ether oxygens (including phenoxy) is 1. The van der Waals surface area contributed by atoms with E-state index in [0.717, 1.165) is 32.8 Å². The number of hydrazone groups is 1. The van der Waals surface area contributed by atoms with Crippen LogP contribution in [-0.4, -0.2) is 29.6 Å². The lowest BCUT2D eigenvalue weighted by molar-refractivity contribution is -0.139. The fraction of sp³-hybridized carbons (Fsp3) is 0.179. The summed E-state index contributed by atoms with van der Waals surface area (Å²) < 4.78 is 5.45. The summed E-state index contributed by atoms with van der Waals surface area (Å²) in [6.45, 7) is 0.164. The molecule has 0 unspecified atom stereocenters. The van der Waals surface area contributed by atoms with Crippen LogP contribution in [0.15, 0.2) is 77.9 Å². The molecule has 33 heavy (non-hydrogen) atoms. The van der Waals surface area contributed by atoms with Gasteiger partial charge in [-0.2, -0.15) is 10.1 Å². The van der Waals surface area contributed by atoms with E-state index in [0.29, 0.717) is 5.75 Å². The van der Waals surface area contributed by atoms with Crippen molar-refractivity contribution in [3.63, 3.8) is 0 Å². The Bertz CT molecular complexity index is 1250. The molecule has 0 N–H and O–H groups in total. The van der Waals surface area contributed by atoms with E-state index >= 15 is 0 Å². The highest BCUT2D eigenvalue weighted by atomic mass is 16.5. The quantitative estimate of drug-likeness (QED) is 0.357. The van der Waals surface area contributed by atoms with Crippen LogP contribution in [0, 0.1) is 24.2 Å². The summed E-state index contributed by atoms with van der Waals surface area (Å²) in [4.78, 5) is 27.1. The molecule has 7 rings (SSSR count). The average molecular weight is 432 g/mol. The van der Waals surface area contributed by atoms with Gasteiger partial charge in [0.25, 0.3) is 11.8 Å². The molecule has 3 aromatic carbocycles. The summed E-state index contributed by atoms with van der Waals surface area (Å²) >= 11 is 0. The second-order valence-corrected chi connectivity index (χ2v) is 8.56. The molecule has 3 aromatic rings. The maximum atomic E-state index is 13.5. The number of carbonyl (C=O) groups excluding carboxylic acids is 2. The number of carbonyl (C=O) groups is 2. The Morgan fingerprint density at radius 3 is 1.91 bits per heavy atom. The van der Waals surface area contributed by atoms with Gasteiger partial charge in [-0.15, -0.1) is 6.42 Å². The number of hydrogen-bond acceptors (Lipinski definition) is 4. The van der Waals surface area contributed by atoms with Gasteiger partial charge >= 0.3 is 0 Å². The van der Waals surface area contributed by atoms with E-state index in [1.54, 1.807) is 12.1 Å². The summed E-state index contributed by atoms with van der Waals surface area (Å²) in [5.74, 6) is 1.42. The third-order valence-corrected chi connectivity index (χ3v) is 6.93. The lowest BCUT2D eigenvalue weighted by atomic mass is 9.55. The SMILES string of the molecule is C#CCOc1cccc(/C=N\N2C(=O)[C@@H]3C4c5ccccc5C(c5ccccc54)[C@@H]3C2=O)c1. The molecule has 3 aliphatic carbocycles. The van der Waals surface area contributed by atoms with Crippen LogP contribution in [0.4, 0.5) is 0 Å². The topological polar surface area (TPSA) is 59.0 Å². The molecule has 2 amide bonds. The van der Waals surface area contributed by atoms with E-state index in [9.17, 15) is 9.59 Å². The zero-order valence-corrected chi connectivity index (χ0v) is 17.7. The van der Waals surface area contributed by atoms with Gasteiger partial charge in [-0.25, -0.2) is 0 Å². The summed E-state index contributed by atoms with van der Waals surface area (Å²) in [7, 11) is 0. The van der Waals surface area contributed by atoms with Crippen molar-refractivity contribution in [2.24, 2.45) is 16.9 Å². The number of rotatable bonds is 4. The zero-order valence-electron chi connectivity index (χ0n) is 17.7. The maximum Gasteiger partial charge on any atom is 0.254 e. The molecule has 1 aliphatic heterocycles. The highest BCUT2D eigenvalue weighted by Gasteiger charge is 2.61. The molecule has 2 bridgehead atoms. The predicted octanol–water partition coefficient (Wildman–Crippen LogP) is 3.92. The number of nitrogens with zero attached hydrogens (tertiary/aromatic N) is 2. The van der Waals surface area contributed by atoms with Crippen LogP contribution in [0.1, 0.15) is 39.7 Å². The number of benzene rings is 3. The molecule has 5 nitrogen and oxygen atoms in total. The van der Waals surface area contributed by atoms with Crippen LogP contribution in [0.25, 0.3) is 0 Å². The molecule has 1 saturated heterocycles. The normalized spacial score (nSPS) is 24.4. The molecule has 0 aromatic heterocycles. The van der Waals surface area contributed by atoms with E-state index in [4.69, 9.17) is 11.2 Å². The summed E-state index contributed by atoms with van der Waals surface area (Å²) in [5, 5.41) is 5.41. The van der Waals surface area contributed by atoms with Crippen molar-refractivity contribution in [1.29, 1.82) is 0 Å². The largest absolute Gasteiger partial charge is 0.481 e. The minimum absolute atomic E-state index is 0.135. The molecular weight excluding hydrogens is 412 g/mol. The molecule has 2 atom stereocenters. The predicted molar refractivity (Wildman–Crippen MR) is 124 cm³/mol. The van der Waals surface area contributed by atoms with E-state index in [-0.39, 0.29) is 30.3 Å². The summed E-state index contributed by atoms with van der Waals surface area (Å²) in [6.07, 6.45) is 6.78. The number of amides is 2. The smallest absolute Gasteiger partial charge is 0.254 e. The van der Waals surface area contributed by atoms with E-state index in [2.05, 4.69) is 35.3 Å². The molecule has 0 saturated carbocycles. The first kappa shape index (κ1) is 19.5. The van der Waals surface area contributed by atoms with E-state index in [1.165, 1.54) is 6.21 Å². The van der Waals surface area contributed by atoms with Crippen LogP contribution in [0.5, 0.6) is 5.75 Å². The first-order valence-electron chi connectivity index (χ1n) is 10.9. The van der Waals surface area contributed by atoms with Crippen molar-refractivity contribution in [2.45, 2.75) is 11.8 Å². The Kier molecular flexibility index (Phi) is 4.41. The van der Waals surface area contributed by atoms with Gasteiger partial charge < -0.3 is 4.74 Å². The fourth-order valence-corrected chi connectivity index (χ4v) is 5.71. The average Bonchev–Trinajstić information content (AvgIpc) is 3.11. The lowest BCUT2D eigenvalue weighted by Crippen LogP contribution is -2.41. The first-order valence-corrected chi connectivity index (χ1v) is 10.9. The van der Waals surface area contributed by atoms with Crippen molar-refractivity contribution in [1.82, 2.24) is 5.01 Å². The van der Waals surface area contributed by atoms with Crippen LogP contribution in [0.2, 0.25) is 0 Å². The van der Waals surface area contributed by atoms with Gasteiger partial charge in [0.05, 0.1) is 18.1 Å². The highest BCUT2D eigenvalue weighted by molar-refractivity contribution is 6.08.